The van der Waals surface area contributed by atoms with E-state index in [-0.39, 0.29) is 44.9 Å². The zero-order valence-corrected chi connectivity index (χ0v) is 21.7. The molecule has 198 valence electrons. The lowest BCUT2D eigenvalue weighted by molar-refractivity contribution is -0.145. The Morgan fingerprint density at radius 2 is 1.74 bits per heavy atom. The number of carbonyl (C=O) groups excluding carboxylic acids is 2. The van der Waals surface area contributed by atoms with Crippen LogP contribution >= 0.6 is 34.8 Å². The quantitative estimate of drug-likeness (QED) is 0.334. The van der Waals surface area contributed by atoms with Crippen LogP contribution in [0.2, 0.25) is 15.1 Å². The number of rotatable bonds is 6. The summed E-state index contributed by atoms with van der Waals surface area (Å²) in [6, 6.07) is 8.75. The number of nitrogens with zero attached hydrogens (tertiary/aromatic N) is 6. The first-order valence-corrected chi connectivity index (χ1v) is 11.7. The number of nitrogens with one attached hydrogen (secondary N) is 2. The van der Waals surface area contributed by atoms with E-state index in [1.165, 1.54) is 42.1 Å². The molecule has 0 aliphatic heterocycles. The number of halogens is 6. The normalized spacial score (nSPS) is 11.5. The van der Waals surface area contributed by atoms with Gasteiger partial charge in [0.1, 0.15) is 12.2 Å². The zero-order chi connectivity index (χ0) is 27.8. The Kier molecular flexibility index (Phi) is 7.63. The summed E-state index contributed by atoms with van der Waals surface area (Å²) in [6.07, 6.45) is -4.78. The average molecular weight is 588 g/mol. The number of hydrogen-bond donors (Lipinski definition) is 2. The standard InChI is InChI=1S/C22H16Cl3F3N8O2/c1-10-5-12(24)6-14(19(37)29-2)18(10)30-20(38)17-8-13(9-35-33-21(31-34-35)22(26,27)28)32-36(17)16-4-3-11(23)7-15(16)25/h3-8H,9H2,1-2H3,(H,29,37)(H,30,38). The van der Waals surface area contributed by atoms with Gasteiger partial charge in [0.15, 0.2) is 0 Å². The Bertz CT molecular complexity index is 1550. The van der Waals surface area contributed by atoms with Gasteiger partial charge in [0, 0.05) is 17.1 Å². The molecule has 0 bridgehead atoms. The van der Waals surface area contributed by atoms with Gasteiger partial charge in [-0.2, -0.15) is 23.1 Å². The van der Waals surface area contributed by atoms with Gasteiger partial charge in [0.2, 0.25) is 0 Å². The molecule has 4 aromatic rings. The van der Waals surface area contributed by atoms with Crippen LogP contribution in [0.4, 0.5) is 18.9 Å². The monoisotopic (exact) mass is 586 g/mol. The fourth-order valence-electron chi connectivity index (χ4n) is 3.47. The number of benzene rings is 2. The van der Waals surface area contributed by atoms with E-state index in [2.05, 4.69) is 31.1 Å². The van der Waals surface area contributed by atoms with Crippen molar-refractivity contribution >= 4 is 52.3 Å². The summed E-state index contributed by atoms with van der Waals surface area (Å²) in [5, 5.41) is 20.0. The van der Waals surface area contributed by atoms with E-state index in [0.29, 0.717) is 15.4 Å². The first kappa shape index (κ1) is 27.4. The number of aryl methyl sites for hydroxylation is 1. The molecule has 4 rings (SSSR count). The minimum atomic E-state index is -4.78. The second-order valence-corrected chi connectivity index (χ2v) is 9.13. The molecule has 0 radical (unpaired) electrons. The Balaban J connectivity index is 1.77. The molecule has 2 heterocycles. The van der Waals surface area contributed by atoms with Crippen molar-refractivity contribution in [2.75, 3.05) is 12.4 Å². The second kappa shape index (κ2) is 10.6. The number of tetrazole rings is 1. The first-order chi connectivity index (χ1) is 17.9. The number of aromatic nitrogens is 6. The molecule has 2 aromatic heterocycles. The van der Waals surface area contributed by atoms with Crippen molar-refractivity contribution in [3.8, 4) is 5.69 Å². The predicted octanol–water partition coefficient (Wildman–Crippen LogP) is 4.81. The third-order valence-electron chi connectivity index (χ3n) is 5.15. The second-order valence-electron chi connectivity index (χ2n) is 7.85. The minimum Gasteiger partial charge on any atom is -0.355 e. The van der Waals surface area contributed by atoms with Crippen molar-refractivity contribution in [2.45, 2.75) is 19.6 Å². The molecule has 0 aliphatic rings. The van der Waals surface area contributed by atoms with E-state index in [4.69, 9.17) is 34.8 Å². The zero-order valence-electron chi connectivity index (χ0n) is 19.4. The van der Waals surface area contributed by atoms with E-state index < -0.39 is 23.8 Å². The Morgan fingerprint density at radius 3 is 2.37 bits per heavy atom. The molecule has 0 saturated heterocycles. The fourth-order valence-corrected chi connectivity index (χ4v) is 4.24. The van der Waals surface area contributed by atoms with Crippen molar-refractivity contribution in [1.29, 1.82) is 0 Å². The number of alkyl halides is 3. The molecule has 10 nitrogen and oxygen atoms in total. The van der Waals surface area contributed by atoms with Crippen molar-refractivity contribution in [3.05, 3.63) is 79.8 Å². The van der Waals surface area contributed by atoms with Crippen LogP contribution in [0, 0.1) is 6.92 Å². The van der Waals surface area contributed by atoms with Crippen LogP contribution in [0.5, 0.6) is 0 Å². The molecule has 2 aromatic carbocycles. The van der Waals surface area contributed by atoms with Crippen LogP contribution in [-0.2, 0) is 12.7 Å². The van der Waals surface area contributed by atoms with Crippen LogP contribution in [-0.4, -0.2) is 48.8 Å². The maximum Gasteiger partial charge on any atom is 0.455 e. The van der Waals surface area contributed by atoms with E-state index in [0.717, 1.165) is 0 Å². The maximum atomic E-state index is 13.5. The van der Waals surface area contributed by atoms with Gasteiger partial charge in [-0.1, -0.05) is 34.8 Å². The molecule has 16 heteroatoms. The third kappa shape index (κ3) is 5.74. The highest BCUT2D eigenvalue weighted by molar-refractivity contribution is 6.35. The van der Waals surface area contributed by atoms with Crippen LogP contribution in [0.3, 0.4) is 0 Å². The van der Waals surface area contributed by atoms with Gasteiger partial charge in [-0.25, -0.2) is 4.68 Å². The summed E-state index contributed by atoms with van der Waals surface area (Å²) in [5.41, 5.74) is 1.14. The van der Waals surface area contributed by atoms with Crippen LogP contribution < -0.4 is 10.6 Å². The van der Waals surface area contributed by atoms with E-state index >= 15 is 0 Å². The highest BCUT2D eigenvalue weighted by Crippen LogP contribution is 2.29. The summed E-state index contributed by atoms with van der Waals surface area (Å²) in [4.78, 5) is 26.6. The van der Waals surface area contributed by atoms with Gasteiger partial charge < -0.3 is 10.6 Å². The molecule has 38 heavy (non-hydrogen) atoms. The Morgan fingerprint density at radius 1 is 1.00 bits per heavy atom. The van der Waals surface area contributed by atoms with Crippen molar-refractivity contribution < 1.29 is 22.8 Å². The lowest BCUT2D eigenvalue weighted by atomic mass is 10.1. The summed E-state index contributed by atoms with van der Waals surface area (Å²) in [7, 11) is 1.43. The summed E-state index contributed by atoms with van der Waals surface area (Å²) in [5.74, 6) is -2.61. The van der Waals surface area contributed by atoms with Crippen molar-refractivity contribution in [2.24, 2.45) is 0 Å². The first-order valence-electron chi connectivity index (χ1n) is 10.6. The molecule has 0 spiro atoms. The number of anilines is 1. The molecular weight excluding hydrogens is 572 g/mol. The van der Waals surface area contributed by atoms with Crippen LogP contribution in [0.15, 0.2) is 36.4 Å². The lowest BCUT2D eigenvalue weighted by Gasteiger charge is -2.15. The number of hydrogen-bond acceptors (Lipinski definition) is 6. The topological polar surface area (TPSA) is 120 Å². The predicted molar refractivity (Wildman–Crippen MR) is 133 cm³/mol. The lowest BCUT2D eigenvalue weighted by Crippen LogP contribution is -2.23. The highest BCUT2D eigenvalue weighted by atomic mass is 35.5. The van der Waals surface area contributed by atoms with Gasteiger partial charge >= 0.3 is 6.18 Å². The van der Waals surface area contributed by atoms with Gasteiger partial charge in [0.25, 0.3) is 17.6 Å². The van der Waals surface area contributed by atoms with E-state index in [1.54, 1.807) is 13.0 Å². The largest absolute Gasteiger partial charge is 0.455 e. The number of carbonyl (C=O) groups is 2. The molecule has 0 atom stereocenters. The van der Waals surface area contributed by atoms with Crippen molar-refractivity contribution in [3.63, 3.8) is 0 Å². The molecule has 2 N–H and O–H groups in total. The maximum absolute atomic E-state index is 13.5. The molecule has 0 fully saturated rings. The number of amides is 2. The van der Waals surface area contributed by atoms with Crippen molar-refractivity contribution in [1.82, 2.24) is 35.3 Å². The fraction of sp³-hybridized carbons (Fsp3) is 0.182. The average Bonchev–Trinajstić information content (AvgIpc) is 3.48. The van der Waals surface area contributed by atoms with E-state index in [9.17, 15) is 22.8 Å². The Hall–Kier alpha value is -3.68. The van der Waals surface area contributed by atoms with Gasteiger partial charge in [0.05, 0.1) is 27.7 Å². The van der Waals surface area contributed by atoms with Crippen LogP contribution in [0.1, 0.15) is 37.9 Å². The summed E-state index contributed by atoms with van der Waals surface area (Å²) < 4.78 is 39.8. The van der Waals surface area contributed by atoms with E-state index in [1.807, 2.05) is 0 Å². The summed E-state index contributed by atoms with van der Waals surface area (Å²) in [6.45, 7) is 1.31. The third-order valence-corrected chi connectivity index (χ3v) is 5.91. The SMILES string of the molecule is CNC(=O)c1cc(Cl)cc(C)c1NC(=O)c1cc(Cn2nnc(C(F)(F)F)n2)nn1-c1ccc(Cl)cc1Cl. The Labute approximate surface area is 227 Å². The van der Waals surface area contributed by atoms with Gasteiger partial charge in [-0.15, -0.1) is 10.2 Å². The molecule has 2 amide bonds. The molecule has 0 aliphatic carbocycles. The smallest absolute Gasteiger partial charge is 0.355 e. The summed E-state index contributed by atoms with van der Waals surface area (Å²) >= 11 is 18.4. The molecule has 0 unspecified atom stereocenters. The van der Waals surface area contributed by atoms with Gasteiger partial charge in [-0.05, 0) is 54.1 Å². The van der Waals surface area contributed by atoms with Gasteiger partial charge in [-0.3, -0.25) is 9.59 Å². The highest BCUT2D eigenvalue weighted by Gasteiger charge is 2.37. The minimum absolute atomic E-state index is 0.0578. The van der Waals surface area contributed by atoms with Crippen LogP contribution in [0.25, 0.3) is 5.69 Å². The molecule has 0 saturated carbocycles. The molecular formula is C22H16Cl3F3N8O2.